The molecular formula is C9H10BrNO2. The zero-order chi connectivity index (χ0) is 9.84. The van der Waals surface area contributed by atoms with E-state index in [-0.39, 0.29) is 12.4 Å². The van der Waals surface area contributed by atoms with Gasteiger partial charge in [0.2, 0.25) is 0 Å². The van der Waals surface area contributed by atoms with Crippen LogP contribution in [0.3, 0.4) is 0 Å². The van der Waals surface area contributed by atoms with Crippen LogP contribution in [0.15, 0.2) is 16.7 Å². The van der Waals surface area contributed by atoms with Crippen molar-refractivity contribution in [3.05, 3.63) is 28.0 Å². The molecule has 0 aliphatic heterocycles. The highest BCUT2D eigenvalue weighted by Crippen LogP contribution is 2.14. The number of rotatable bonds is 2. The van der Waals surface area contributed by atoms with Crippen LogP contribution >= 0.6 is 15.9 Å². The first kappa shape index (κ1) is 10.2. The summed E-state index contributed by atoms with van der Waals surface area (Å²) in [6.07, 6.45) is 1.98. The summed E-state index contributed by atoms with van der Waals surface area (Å²) in [4.78, 5) is 15.1. The van der Waals surface area contributed by atoms with E-state index in [9.17, 15) is 4.79 Å². The Bertz CT molecular complexity index is 325. The maximum atomic E-state index is 11.0. The molecule has 1 aromatic heterocycles. The molecule has 0 unspecified atom stereocenters. The molecule has 0 bridgehead atoms. The molecule has 1 heterocycles. The lowest BCUT2D eigenvalue weighted by molar-refractivity contribution is -0.139. The standard InChI is InChI=1S/C9H10BrNO2/c1-6-7(4-9(12)13-2)3-8(10)5-11-6/h3,5H,4H2,1-2H3. The monoisotopic (exact) mass is 243 g/mol. The van der Waals surface area contributed by atoms with Crippen LogP contribution in [0.25, 0.3) is 0 Å². The minimum atomic E-state index is -0.247. The Balaban J connectivity index is 2.87. The fourth-order valence-electron chi connectivity index (χ4n) is 0.956. The van der Waals surface area contributed by atoms with Gasteiger partial charge in [-0.15, -0.1) is 0 Å². The topological polar surface area (TPSA) is 39.2 Å². The van der Waals surface area contributed by atoms with Crippen LogP contribution in [-0.2, 0) is 16.0 Å². The summed E-state index contributed by atoms with van der Waals surface area (Å²) in [5, 5.41) is 0. The van der Waals surface area contributed by atoms with E-state index in [0.29, 0.717) is 0 Å². The van der Waals surface area contributed by atoms with Gasteiger partial charge in [0.1, 0.15) is 0 Å². The van der Waals surface area contributed by atoms with Crippen LogP contribution < -0.4 is 0 Å². The molecule has 70 valence electrons. The number of aromatic nitrogens is 1. The van der Waals surface area contributed by atoms with E-state index in [1.807, 2.05) is 13.0 Å². The number of hydrogen-bond donors (Lipinski definition) is 0. The number of aryl methyl sites for hydroxylation is 1. The molecule has 0 radical (unpaired) electrons. The van der Waals surface area contributed by atoms with Gasteiger partial charge in [0, 0.05) is 16.4 Å². The molecule has 0 amide bonds. The smallest absolute Gasteiger partial charge is 0.310 e. The molecule has 0 saturated heterocycles. The number of esters is 1. The Morgan fingerprint density at radius 3 is 3.00 bits per heavy atom. The number of carbonyl (C=O) groups excluding carboxylic acids is 1. The molecule has 0 aromatic carbocycles. The SMILES string of the molecule is COC(=O)Cc1cc(Br)cnc1C. The predicted molar refractivity (Wildman–Crippen MR) is 52.4 cm³/mol. The minimum absolute atomic E-state index is 0.247. The zero-order valence-electron chi connectivity index (χ0n) is 7.50. The summed E-state index contributed by atoms with van der Waals surface area (Å²) in [5.74, 6) is -0.247. The largest absolute Gasteiger partial charge is 0.469 e. The van der Waals surface area contributed by atoms with Crippen molar-refractivity contribution in [2.45, 2.75) is 13.3 Å². The van der Waals surface area contributed by atoms with Crippen LogP contribution in [0, 0.1) is 6.92 Å². The summed E-state index contributed by atoms with van der Waals surface area (Å²) in [6, 6.07) is 1.87. The molecule has 3 nitrogen and oxygen atoms in total. The maximum Gasteiger partial charge on any atom is 0.310 e. The number of methoxy groups -OCH3 is 1. The Kier molecular flexibility index (Phi) is 3.42. The molecule has 0 atom stereocenters. The van der Waals surface area contributed by atoms with Crippen LogP contribution in [-0.4, -0.2) is 18.1 Å². The number of hydrogen-bond acceptors (Lipinski definition) is 3. The first-order chi connectivity index (χ1) is 6.13. The number of halogens is 1. The van der Waals surface area contributed by atoms with Crippen molar-refractivity contribution in [3.8, 4) is 0 Å². The van der Waals surface area contributed by atoms with Crippen molar-refractivity contribution in [1.29, 1.82) is 0 Å². The van der Waals surface area contributed by atoms with E-state index < -0.39 is 0 Å². The van der Waals surface area contributed by atoms with Gasteiger partial charge in [-0.3, -0.25) is 9.78 Å². The van der Waals surface area contributed by atoms with E-state index in [2.05, 4.69) is 25.7 Å². The number of pyridine rings is 1. The molecule has 0 N–H and O–H groups in total. The lowest BCUT2D eigenvalue weighted by atomic mass is 10.1. The van der Waals surface area contributed by atoms with Crippen molar-refractivity contribution in [3.63, 3.8) is 0 Å². The van der Waals surface area contributed by atoms with E-state index in [0.717, 1.165) is 15.7 Å². The first-order valence-electron chi connectivity index (χ1n) is 3.81. The highest BCUT2D eigenvalue weighted by molar-refractivity contribution is 9.10. The van der Waals surface area contributed by atoms with E-state index >= 15 is 0 Å². The highest BCUT2D eigenvalue weighted by Gasteiger charge is 2.06. The van der Waals surface area contributed by atoms with E-state index in [4.69, 9.17) is 0 Å². The van der Waals surface area contributed by atoms with Crippen LogP contribution in [0.2, 0.25) is 0 Å². The van der Waals surface area contributed by atoms with Gasteiger partial charge in [0.15, 0.2) is 0 Å². The summed E-state index contributed by atoms with van der Waals surface area (Å²) in [6.45, 7) is 1.87. The molecule has 0 spiro atoms. The Morgan fingerprint density at radius 1 is 1.69 bits per heavy atom. The summed E-state index contributed by atoms with van der Waals surface area (Å²) in [7, 11) is 1.38. The van der Waals surface area contributed by atoms with Gasteiger partial charge >= 0.3 is 5.97 Å². The molecule has 0 aliphatic carbocycles. The number of carbonyl (C=O) groups is 1. The fourth-order valence-corrected chi connectivity index (χ4v) is 1.33. The molecule has 4 heteroatoms. The van der Waals surface area contributed by atoms with Crippen LogP contribution in [0.5, 0.6) is 0 Å². The average Bonchev–Trinajstić information content (AvgIpc) is 2.11. The predicted octanol–water partition coefficient (Wildman–Crippen LogP) is 1.87. The second kappa shape index (κ2) is 4.37. The van der Waals surface area contributed by atoms with Gasteiger partial charge in [0.05, 0.1) is 13.5 Å². The molecule has 0 fully saturated rings. The fraction of sp³-hybridized carbons (Fsp3) is 0.333. The lowest BCUT2D eigenvalue weighted by Gasteiger charge is -2.03. The first-order valence-corrected chi connectivity index (χ1v) is 4.60. The Hall–Kier alpha value is -0.900. The molecular weight excluding hydrogens is 234 g/mol. The lowest BCUT2D eigenvalue weighted by Crippen LogP contribution is -2.06. The molecule has 0 saturated carbocycles. The number of ether oxygens (including phenoxy) is 1. The Labute approximate surface area is 85.3 Å². The number of nitrogens with zero attached hydrogens (tertiary/aromatic N) is 1. The van der Waals surface area contributed by atoms with Crippen molar-refractivity contribution in [2.24, 2.45) is 0 Å². The zero-order valence-corrected chi connectivity index (χ0v) is 9.09. The van der Waals surface area contributed by atoms with Gasteiger partial charge in [-0.2, -0.15) is 0 Å². The summed E-state index contributed by atoms with van der Waals surface area (Å²) in [5.41, 5.74) is 1.75. The molecule has 0 aliphatic rings. The van der Waals surface area contributed by atoms with Gasteiger partial charge in [-0.1, -0.05) is 0 Å². The Morgan fingerprint density at radius 2 is 2.38 bits per heavy atom. The van der Waals surface area contributed by atoms with Crippen LogP contribution in [0.1, 0.15) is 11.3 Å². The molecule has 1 aromatic rings. The highest BCUT2D eigenvalue weighted by atomic mass is 79.9. The maximum absolute atomic E-state index is 11.0. The van der Waals surface area contributed by atoms with Gasteiger partial charge < -0.3 is 4.74 Å². The molecule has 13 heavy (non-hydrogen) atoms. The van der Waals surface area contributed by atoms with Crippen molar-refractivity contribution < 1.29 is 9.53 Å². The quantitative estimate of drug-likeness (QED) is 0.745. The van der Waals surface area contributed by atoms with Crippen LogP contribution in [0.4, 0.5) is 0 Å². The second-order valence-electron chi connectivity index (χ2n) is 2.65. The summed E-state index contributed by atoms with van der Waals surface area (Å²) < 4.78 is 5.44. The van der Waals surface area contributed by atoms with Crippen molar-refractivity contribution >= 4 is 21.9 Å². The second-order valence-corrected chi connectivity index (χ2v) is 3.57. The van der Waals surface area contributed by atoms with Gasteiger partial charge in [-0.25, -0.2) is 0 Å². The third kappa shape index (κ3) is 2.81. The van der Waals surface area contributed by atoms with Crippen molar-refractivity contribution in [2.75, 3.05) is 7.11 Å². The minimum Gasteiger partial charge on any atom is -0.469 e. The van der Waals surface area contributed by atoms with Gasteiger partial charge in [-0.05, 0) is 34.5 Å². The van der Waals surface area contributed by atoms with E-state index in [1.165, 1.54) is 7.11 Å². The third-order valence-electron chi connectivity index (χ3n) is 1.72. The van der Waals surface area contributed by atoms with Gasteiger partial charge in [0.25, 0.3) is 0 Å². The summed E-state index contributed by atoms with van der Waals surface area (Å²) >= 11 is 3.29. The third-order valence-corrected chi connectivity index (χ3v) is 2.15. The van der Waals surface area contributed by atoms with E-state index in [1.54, 1.807) is 6.20 Å². The molecule has 1 rings (SSSR count). The average molecular weight is 244 g/mol. The normalized spacial score (nSPS) is 9.77. The van der Waals surface area contributed by atoms with Crippen molar-refractivity contribution in [1.82, 2.24) is 4.98 Å².